The van der Waals surface area contributed by atoms with Gasteiger partial charge in [-0.3, -0.25) is 0 Å². The first-order chi connectivity index (χ1) is 12.7. The molecule has 4 aromatic rings. The van der Waals surface area contributed by atoms with Crippen molar-refractivity contribution >= 4 is 40.2 Å². The highest BCUT2D eigenvalue weighted by Crippen LogP contribution is 2.23. The van der Waals surface area contributed by atoms with E-state index in [1.54, 1.807) is 0 Å². The number of rotatable bonds is 5. The molecule has 0 aliphatic carbocycles. The fourth-order valence-corrected chi connectivity index (χ4v) is 3.29. The smallest absolute Gasteiger partial charge is 0.204 e. The first-order valence-corrected chi connectivity index (χ1v) is 9.13. The Bertz CT molecular complexity index is 1040. The van der Waals surface area contributed by atoms with Crippen LogP contribution in [0.4, 0.5) is 5.95 Å². The van der Waals surface area contributed by atoms with Crippen LogP contribution in [0.25, 0.3) is 11.0 Å². The van der Waals surface area contributed by atoms with Crippen molar-refractivity contribution in [2.75, 3.05) is 5.32 Å². The molecular formula is C21H17Cl2N3. The fraction of sp³-hybridized carbons (Fsp3) is 0.0952. The lowest BCUT2D eigenvalue weighted by Crippen LogP contribution is -2.09. The molecule has 0 unspecified atom stereocenters. The Hall–Kier alpha value is -2.49. The van der Waals surface area contributed by atoms with Crippen LogP contribution < -0.4 is 5.32 Å². The van der Waals surface area contributed by atoms with Crippen LogP contribution in [-0.2, 0) is 13.1 Å². The number of halogens is 2. The van der Waals surface area contributed by atoms with Crippen LogP contribution in [0.5, 0.6) is 0 Å². The zero-order chi connectivity index (χ0) is 17.9. The number of para-hydroxylation sites is 2. The number of nitrogens with zero attached hydrogens (tertiary/aromatic N) is 2. The van der Waals surface area contributed by atoms with E-state index in [9.17, 15) is 0 Å². The van der Waals surface area contributed by atoms with Gasteiger partial charge in [-0.1, -0.05) is 65.7 Å². The van der Waals surface area contributed by atoms with E-state index in [-0.39, 0.29) is 0 Å². The molecule has 1 aromatic heterocycles. The summed E-state index contributed by atoms with van der Waals surface area (Å²) in [4.78, 5) is 4.75. The summed E-state index contributed by atoms with van der Waals surface area (Å²) in [6.45, 7) is 1.33. The molecule has 0 spiro atoms. The van der Waals surface area contributed by atoms with Crippen molar-refractivity contribution in [1.82, 2.24) is 9.55 Å². The minimum atomic E-state index is 0.615. The van der Waals surface area contributed by atoms with Crippen LogP contribution in [-0.4, -0.2) is 9.55 Å². The third-order valence-electron chi connectivity index (χ3n) is 4.30. The van der Waals surface area contributed by atoms with E-state index in [1.165, 1.54) is 5.56 Å². The van der Waals surface area contributed by atoms with Gasteiger partial charge in [0.2, 0.25) is 5.95 Å². The van der Waals surface area contributed by atoms with Crippen LogP contribution in [0, 0.1) is 0 Å². The normalized spacial score (nSPS) is 11.0. The molecule has 26 heavy (non-hydrogen) atoms. The van der Waals surface area contributed by atoms with Gasteiger partial charge in [-0.15, -0.1) is 0 Å². The van der Waals surface area contributed by atoms with Gasteiger partial charge in [0.25, 0.3) is 0 Å². The fourth-order valence-electron chi connectivity index (χ4n) is 2.96. The quantitative estimate of drug-likeness (QED) is 0.459. The zero-order valence-electron chi connectivity index (χ0n) is 14.0. The number of benzene rings is 3. The highest BCUT2D eigenvalue weighted by molar-refractivity contribution is 6.31. The van der Waals surface area contributed by atoms with E-state index in [2.05, 4.69) is 16.0 Å². The lowest BCUT2D eigenvalue weighted by atomic mass is 10.2. The minimum Gasteiger partial charge on any atom is -0.351 e. The highest BCUT2D eigenvalue weighted by Gasteiger charge is 2.11. The molecule has 0 amide bonds. The van der Waals surface area contributed by atoms with Crippen molar-refractivity contribution in [2.24, 2.45) is 0 Å². The number of hydrogen-bond donors (Lipinski definition) is 1. The molecule has 3 aromatic carbocycles. The van der Waals surface area contributed by atoms with E-state index < -0.39 is 0 Å². The molecule has 0 aliphatic heterocycles. The Morgan fingerprint density at radius 2 is 1.58 bits per heavy atom. The highest BCUT2D eigenvalue weighted by atomic mass is 35.5. The molecular weight excluding hydrogens is 365 g/mol. The Morgan fingerprint density at radius 1 is 0.846 bits per heavy atom. The van der Waals surface area contributed by atoms with E-state index in [0.717, 1.165) is 32.6 Å². The first kappa shape index (κ1) is 17.0. The molecule has 0 radical (unpaired) electrons. The van der Waals surface area contributed by atoms with Gasteiger partial charge < -0.3 is 9.88 Å². The topological polar surface area (TPSA) is 29.9 Å². The van der Waals surface area contributed by atoms with E-state index in [1.807, 2.05) is 66.7 Å². The lowest BCUT2D eigenvalue weighted by Gasteiger charge is -2.12. The summed E-state index contributed by atoms with van der Waals surface area (Å²) >= 11 is 12.3. The van der Waals surface area contributed by atoms with Crippen LogP contribution in [0.15, 0.2) is 72.8 Å². The van der Waals surface area contributed by atoms with Gasteiger partial charge in [0.1, 0.15) is 0 Å². The average molecular weight is 382 g/mol. The Labute approximate surface area is 162 Å². The van der Waals surface area contributed by atoms with E-state index in [0.29, 0.717) is 13.1 Å². The molecule has 0 bridgehead atoms. The zero-order valence-corrected chi connectivity index (χ0v) is 15.5. The second kappa shape index (κ2) is 7.40. The number of aromatic nitrogens is 2. The summed E-state index contributed by atoms with van der Waals surface area (Å²) in [7, 11) is 0. The van der Waals surface area contributed by atoms with Crippen molar-refractivity contribution in [3.8, 4) is 0 Å². The van der Waals surface area contributed by atoms with Crippen molar-refractivity contribution in [1.29, 1.82) is 0 Å². The predicted octanol–water partition coefficient (Wildman–Crippen LogP) is 6.00. The third-order valence-corrected chi connectivity index (χ3v) is 4.92. The third kappa shape index (κ3) is 3.55. The van der Waals surface area contributed by atoms with Crippen LogP contribution >= 0.6 is 23.2 Å². The van der Waals surface area contributed by atoms with E-state index in [4.69, 9.17) is 28.2 Å². The molecule has 130 valence electrons. The number of anilines is 1. The molecule has 0 aliphatic rings. The SMILES string of the molecule is Clc1ccc(Cn2c(NCc3ccccc3Cl)nc3ccccc32)cc1. The summed E-state index contributed by atoms with van der Waals surface area (Å²) in [6, 6.07) is 23.9. The van der Waals surface area contributed by atoms with Gasteiger partial charge in [0.15, 0.2) is 0 Å². The van der Waals surface area contributed by atoms with Crippen LogP contribution in [0.2, 0.25) is 10.0 Å². The molecule has 0 atom stereocenters. The van der Waals surface area contributed by atoms with Crippen molar-refractivity contribution in [2.45, 2.75) is 13.1 Å². The molecule has 0 fully saturated rings. The maximum absolute atomic E-state index is 6.27. The lowest BCUT2D eigenvalue weighted by molar-refractivity contribution is 0.822. The van der Waals surface area contributed by atoms with Crippen molar-refractivity contribution in [3.05, 3.63) is 94.0 Å². The number of fused-ring (bicyclic) bond motifs is 1. The number of imidazole rings is 1. The molecule has 3 nitrogen and oxygen atoms in total. The van der Waals surface area contributed by atoms with Gasteiger partial charge >= 0.3 is 0 Å². The molecule has 0 saturated carbocycles. The summed E-state index contributed by atoms with van der Waals surface area (Å²) in [5.41, 5.74) is 4.25. The molecule has 1 heterocycles. The average Bonchev–Trinajstić information content (AvgIpc) is 3.00. The maximum atomic E-state index is 6.27. The van der Waals surface area contributed by atoms with Crippen molar-refractivity contribution in [3.63, 3.8) is 0 Å². The summed E-state index contributed by atoms with van der Waals surface area (Å²) in [6.07, 6.45) is 0. The number of nitrogens with one attached hydrogen (secondary N) is 1. The minimum absolute atomic E-state index is 0.615. The Balaban J connectivity index is 1.67. The van der Waals surface area contributed by atoms with Crippen LogP contribution in [0.1, 0.15) is 11.1 Å². The second-order valence-corrected chi connectivity index (χ2v) is 6.93. The molecule has 4 rings (SSSR count). The van der Waals surface area contributed by atoms with Gasteiger partial charge in [-0.25, -0.2) is 4.98 Å². The first-order valence-electron chi connectivity index (χ1n) is 8.38. The predicted molar refractivity (Wildman–Crippen MR) is 109 cm³/mol. The maximum Gasteiger partial charge on any atom is 0.204 e. The Kier molecular flexibility index (Phi) is 4.83. The standard InChI is InChI=1S/C21H17Cl2N3/c22-17-11-9-15(10-12-17)14-26-20-8-4-3-7-19(20)25-21(26)24-13-16-5-1-2-6-18(16)23/h1-12H,13-14H2,(H,24,25). The monoisotopic (exact) mass is 381 g/mol. The molecule has 5 heteroatoms. The van der Waals surface area contributed by atoms with Gasteiger partial charge in [-0.05, 0) is 41.5 Å². The Morgan fingerprint density at radius 3 is 2.38 bits per heavy atom. The van der Waals surface area contributed by atoms with E-state index >= 15 is 0 Å². The van der Waals surface area contributed by atoms with Gasteiger partial charge in [0, 0.05) is 16.6 Å². The van der Waals surface area contributed by atoms with Gasteiger partial charge in [0.05, 0.1) is 17.6 Å². The summed E-state index contributed by atoms with van der Waals surface area (Å²) in [5, 5.41) is 4.92. The summed E-state index contributed by atoms with van der Waals surface area (Å²) < 4.78 is 2.18. The summed E-state index contributed by atoms with van der Waals surface area (Å²) in [5.74, 6) is 0.820. The largest absolute Gasteiger partial charge is 0.351 e. The number of hydrogen-bond acceptors (Lipinski definition) is 2. The van der Waals surface area contributed by atoms with Gasteiger partial charge in [-0.2, -0.15) is 0 Å². The second-order valence-electron chi connectivity index (χ2n) is 6.08. The molecule has 1 N–H and O–H groups in total. The van der Waals surface area contributed by atoms with Crippen molar-refractivity contribution < 1.29 is 0 Å². The van der Waals surface area contributed by atoms with Crippen LogP contribution in [0.3, 0.4) is 0 Å². The molecule has 0 saturated heterocycles.